The summed E-state index contributed by atoms with van der Waals surface area (Å²) in [7, 11) is 1.53. The van der Waals surface area contributed by atoms with Gasteiger partial charge in [-0.3, -0.25) is 19.3 Å². The molecule has 0 atom stereocenters. The summed E-state index contributed by atoms with van der Waals surface area (Å²) in [6.07, 6.45) is 1.60. The minimum Gasteiger partial charge on any atom is -0.493 e. The molecule has 2 fully saturated rings. The third kappa shape index (κ3) is 4.93. The Balaban J connectivity index is 1.78. The molecule has 0 radical (unpaired) electrons. The average molecular weight is 485 g/mol. The first kappa shape index (κ1) is 21.7. The average Bonchev–Trinajstić information content (AvgIpc) is 2.98. The molecule has 0 unspecified atom stereocenters. The van der Waals surface area contributed by atoms with Gasteiger partial charge in [0.05, 0.1) is 31.8 Å². The Kier molecular flexibility index (Phi) is 7.20. The van der Waals surface area contributed by atoms with Crippen LogP contribution in [0.25, 0.3) is 6.08 Å². The molecule has 0 aliphatic carbocycles. The van der Waals surface area contributed by atoms with Crippen molar-refractivity contribution >= 4 is 50.8 Å². The highest BCUT2D eigenvalue weighted by Crippen LogP contribution is 2.38. The van der Waals surface area contributed by atoms with Gasteiger partial charge in [0.1, 0.15) is 6.54 Å². The predicted molar refractivity (Wildman–Crippen MR) is 112 cm³/mol. The summed E-state index contributed by atoms with van der Waals surface area (Å²) in [5.41, 5.74) is 0.662. The van der Waals surface area contributed by atoms with Crippen molar-refractivity contribution < 1.29 is 28.6 Å². The zero-order valence-electron chi connectivity index (χ0n) is 16.1. The van der Waals surface area contributed by atoms with E-state index in [0.29, 0.717) is 54.4 Å². The van der Waals surface area contributed by atoms with E-state index in [1.165, 1.54) is 7.11 Å². The van der Waals surface area contributed by atoms with Gasteiger partial charge in [-0.25, -0.2) is 0 Å². The van der Waals surface area contributed by atoms with E-state index in [1.54, 1.807) is 23.1 Å². The smallest absolute Gasteiger partial charge is 0.294 e. The number of nitrogens with zero attached hydrogens (tertiary/aromatic N) is 2. The van der Waals surface area contributed by atoms with Gasteiger partial charge < -0.3 is 19.1 Å². The second-order valence-electron chi connectivity index (χ2n) is 6.22. The number of halogens is 1. The number of rotatable bonds is 6. The van der Waals surface area contributed by atoms with Gasteiger partial charge >= 0.3 is 0 Å². The lowest BCUT2D eigenvalue weighted by atomic mass is 10.2. The maximum absolute atomic E-state index is 12.7. The fourth-order valence-corrected chi connectivity index (χ4v) is 4.18. The Morgan fingerprint density at radius 1 is 1.28 bits per heavy atom. The molecule has 0 saturated carbocycles. The Bertz CT molecular complexity index is 853. The van der Waals surface area contributed by atoms with Crippen LogP contribution in [0, 0.1) is 0 Å². The normalized spacial score (nSPS) is 18.5. The number of imide groups is 1. The molecule has 1 aromatic rings. The maximum atomic E-state index is 12.7. The molecule has 0 aromatic heterocycles. The number of methoxy groups -OCH3 is 1. The van der Waals surface area contributed by atoms with E-state index in [1.807, 2.05) is 6.92 Å². The van der Waals surface area contributed by atoms with Gasteiger partial charge in [-0.05, 0) is 42.5 Å². The highest BCUT2D eigenvalue weighted by atomic mass is 79.9. The zero-order chi connectivity index (χ0) is 21.0. The van der Waals surface area contributed by atoms with E-state index in [2.05, 4.69) is 15.9 Å². The molecule has 8 nitrogen and oxygen atoms in total. The second-order valence-corrected chi connectivity index (χ2v) is 8.07. The molecule has 2 heterocycles. The standard InChI is InChI=1S/C19H21BrN2O6S/c1-3-28-15-10-13(20)12(8-14(15)26-2)9-16-18(24)22(19(25)29-16)11-17(23)21-4-6-27-7-5-21/h8-10H,3-7,11H2,1-2H3/b16-9+. The number of morpholine rings is 1. The van der Waals surface area contributed by atoms with Crippen LogP contribution in [-0.4, -0.2) is 73.4 Å². The molecule has 0 spiro atoms. The summed E-state index contributed by atoms with van der Waals surface area (Å²) in [6, 6.07) is 3.47. The second kappa shape index (κ2) is 9.64. The molecule has 2 saturated heterocycles. The van der Waals surface area contributed by atoms with Gasteiger partial charge in [-0.15, -0.1) is 0 Å². The Labute approximate surface area is 181 Å². The van der Waals surface area contributed by atoms with Crippen LogP contribution in [0.3, 0.4) is 0 Å². The monoisotopic (exact) mass is 484 g/mol. The summed E-state index contributed by atoms with van der Waals surface area (Å²) in [4.78, 5) is 40.3. The van der Waals surface area contributed by atoms with Crippen LogP contribution in [0.4, 0.5) is 4.79 Å². The molecule has 3 amide bonds. The molecule has 2 aliphatic heterocycles. The van der Waals surface area contributed by atoms with E-state index in [4.69, 9.17) is 14.2 Å². The number of carbonyl (C=O) groups excluding carboxylic acids is 3. The van der Waals surface area contributed by atoms with E-state index in [-0.39, 0.29) is 17.4 Å². The van der Waals surface area contributed by atoms with Crippen molar-refractivity contribution in [1.82, 2.24) is 9.80 Å². The number of amides is 3. The highest BCUT2D eigenvalue weighted by molar-refractivity contribution is 9.10. The SMILES string of the molecule is CCOc1cc(Br)c(/C=C2/SC(=O)N(CC(=O)N3CCOCC3)C2=O)cc1OC. The molecule has 10 heteroatoms. The van der Waals surface area contributed by atoms with Gasteiger partial charge in [-0.2, -0.15) is 0 Å². The van der Waals surface area contributed by atoms with Gasteiger partial charge in [0.15, 0.2) is 11.5 Å². The lowest BCUT2D eigenvalue weighted by molar-refractivity contribution is -0.139. The summed E-state index contributed by atoms with van der Waals surface area (Å²) in [5.74, 6) is 0.341. The summed E-state index contributed by atoms with van der Waals surface area (Å²) in [5, 5.41) is -0.461. The molecule has 156 valence electrons. The quantitative estimate of drug-likeness (QED) is 0.573. The molecule has 29 heavy (non-hydrogen) atoms. The Morgan fingerprint density at radius 3 is 2.66 bits per heavy atom. The number of hydrogen-bond donors (Lipinski definition) is 0. The number of ether oxygens (including phenoxy) is 3. The van der Waals surface area contributed by atoms with Crippen molar-refractivity contribution in [2.24, 2.45) is 0 Å². The molecular formula is C19H21BrN2O6S. The van der Waals surface area contributed by atoms with Crippen molar-refractivity contribution in [2.75, 3.05) is 46.6 Å². The third-order valence-electron chi connectivity index (χ3n) is 4.40. The molecule has 2 aliphatic rings. The maximum Gasteiger partial charge on any atom is 0.294 e. The summed E-state index contributed by atoms with van der Waals surface area (Å²) >= 11 is 4.27. The molecule has 1 aromatic carbocycles. The Morgan fingerprint density at radius 2 is 2.00 bits per heavy atom. The van der Waals surface area contributed by atoms with Crippen molar-refractivity contribution in [3.63, 3.8) is 0 Å². The fraction of sp³-hybridized carbons (Fsp3) is 0.421. The van der Waals surface area contributed by atoms with Gasteiger partial charge in [0.2, 0.25) is 5.91 Å². The lowest BCUT2D eigenvalue weighted by Crippen LogP contribution is -2.46. The van der Waals surface area contributed by atoms with Crippen LogP contribution >= 0.6 is 27.7 Å². The number of thioether (sulfide) groups is 1. The van der Waals surface area contributed by atoms with Crippen LogP contribution in [0.2, 0.25) is 0 Å². The van der Waals surface area contributed by atoms with Crippen LogP contribution in [0.1, 0.15) is 12.5 Å². The van der Waals surface area contributed by atoms with E-state index < -0.39 is 11.1 Å². The third-order valence-corrected chi connectivity index (χ3v) is 5.99. The zero-order valence-corrected chi connectivity index (χ0v) is 18.5. The van der Waals surface area contributed by atoms with Gasteiger partial charge in [0.25, 0.3) is 11.1 Å². The predicted octanol–water partition coefficient (Wildman–Crippen LogP) is 2.75. The van der Waals surface area contributed by atoms with Crippen molar-refractivity contribution in [2.45, 2.75) is 6.92 Å². The molecular weight excluding hydrogens is 464 g/mol. The number of carbonyl (C=O) groups is 3. The first-order chi connectivity index (χ1) is 13.9. The lowest BCUT2D eigenvalue weighted by Gasteiger charge is -2.28. The van der Waals surface area contributed by atoms with Crippen molar-refractivity contribution in [1.29, 1.82) is 0 Å². The minimum absolute atomic E-state index is 0.247. The van der Waals surface area contributed by atoms with Gasteiger partial charge in [0, 0.05) is 17.6 Å². The summed E-state index contributed by atoms with van der Waals surface area (Å²) in [6.45, 7) is 3.93. The van der Waals surface area contributed by atoms with E-state index >= 15 is 0 Å². The summed E-state index contributed by atoms with van der Waals surface area (Å²) < 4.78 is 16.8. The van der Waals surface area contributed by atoms with Crippen molar-refractivity contribution in [3.05, 3.63) is 27.1 Å². The first-order valence-electron chi connectivity index (χ1n) is 9.05. The van der Waals surface area contributed by atoms with Crippen LogP contribution < -0.4 is 9.47 Å². The van der Waals surface area contributed by atoms with Crippen LogP contribution in [0.5, 0.6) is 11.5 Å². The largest absolute Gasteiger partial charge is 0.493 e. The molecule has 0 bridgehead atoms. The number of benzene rings is 1. The number of hydrogen-bond acceptors (Lipinski definition) is 7. The topological polar surface area (TPSA) is 85.4 Å². The molecule has 0 N–H and O–H groups in total. The van der Waals surface area contributed by atoms with Crippen molar-refractivity contribution in [3.8, 4) is 11.5 Å². The Hall–Kier alpha value is -2.04. The first-order valence-corrected chi connectivity index (χ1v) is 10.7. The van der Waals surface area contributed by atoms with Crippen LogP contribution in [0.15, 0.2) is 21.5 Å². The molecule has 3 rings (SSSR count). The highest BCUT2D eigenvalue weighted by Gasteiger charge is 2.37. The minimum atomic E-state index is -0.485. The fourth-order valence-electron chi connectivity index (χ4n) is 2.91. The van der Waals surface area contributed by atoms with E-state index in [0.717, 1.165) is 16.7 Å². The van der Waals surface area contributed by atoms with E-state index in [9.17, 15) is 14.4 Å². The van der Waals surface area contributed by atoms with Crippen LogP contribution in [-0.2, 0) is 14.3 Å². The van der Waals surface area contributed by atoms with Gasteiger partial charge in [-0.1, -0.05) is 15.9 Å².